The lowest BCUT2D eigenvalue weighted by Gasteiger charge is -2.16. The van der Waals surface area contributed by atoms with Gasteiger partial charge in [0.1, 0.15) is 47.7 Å². The number of anilines is 1. The zero-order valence-corrected chi connectivity index (χ0v) is 16.2. The topological polar surface area (TPSA) is 183 Å². The lowest BCUT2D eigenvalue weighted by atomic mass is 10.1. The third-order valence-corrected chi connectivity index (χ3v) is 6.66. The molecule has 2 aromatic rings. The molecule has 12 heteroatoms. The Balaban J connectivity index is 1.62. The molecule has 0 radical (unpaired) electrons. The first-order chi connectivity index (χ1) is 13.3. The van der Waals surface area contributed by atoms with E-state index in [0.29, 0.717) is 29.8 Å². The van der Waals surface area contributed by atoms with Crippen LogP contribution < -0.4 is 11.5 Å². The van der Waals surface area contributed by atoms with Crippen molar-refractivity contribution in [3.8, 4) is 0 Å². The molecule has 1 saturated heterocycles. The van der Waals surface area contributed by atoms with E-state index in [0.717, 1.165) is 5.75 Å². The summed E-state index contributed by atoms with van der Waals surface area (Å²) >= 11 is 0. The number of nitrogens with two attached hydrogens (primary N) is 2. The van der Waals surface area contributed by atoms with Crippen molar-refractivity contribution in [2.24, 2.45) is 5.73 Å². The van der Waals surface area contributed by atoms with Crippen LogP contribution in [0.25, 0.3) is 11.2 Å². The van der Waals surface area contributed by atoms with Crippen LogP contribution in [0.3, 0.4) is 0 Å². The molecule has 1 aliphatic rings. The van der Waals surface area contributed by atoms with Crippen LogP contribution in [0.5, 0.6) is 0 Å². The van der Waals surface area contributed by atoms with E-state index in [4.69, 9.17) is 21.3 Å². The van der Waals surface area contributed by atoms with E-state index < -0.39 is 36.6 Å². The highest BCUT2D eigenvalue weighted by molar-refractivity contribution is 7.96. The Morgan fingerprint density at radius 1 is 1.36 bits per heavy atom. The second-order valence-corrected chi connectivity index (χ2v) is 9.17. The summed E-state index contributed by atoms with van der Waals surface area (Å²) in [6.45, 7) is 0. The van der Waals surface area contributed by atoms with Gasteiger partial charge in [-0.05, 0) is 23.7 Å². The van der Waals surface area contributed by atoms with E-state index in [-0.39, 0.29) is 16.7 Å². The molecule has 6 atom stereocenters. The Labute approximate surface area is 164 Å². The number of imidazole rings is 1. The first-order valence-electron chi connectivity index (χ1n) is 8.81. The summed E-state index contributed by atoms with van der Waals surface area (Å²) in [5.41, 5.74) is 12.1. The molecule has 0 saturated carbocycles. The monoisotopic (exact) mass is 413 g/mol. The number of carbonyl (C=O) groups is 1. The third-order valence-electron chi connectivity index (χ3n) is 4.77. The van der Waals surface area contributed by atoms with E-state index in [1.54, 1.807) is 4.57 Å². The third kappa shape index (κ3) is 4.20. The second-order valence-electron chi connectivity index (χ2n) is 6.87. The largest absolute Gasteiger partial charge is 0.480 e. The number of aliphatic hydroxyl groups excluding tert-OH is 2. The fourth-order valence-electron chi connectivity index (χ4n) is 3.19. The Morgan fingerprint density at radius 3 is 2.82 bits per heavy atom. The molecule has 11 nitrogen and oxygen atoms in total. The van der Waals surface area contributed by atoms with E-state index in [1.165, 1.54) is 12.7 Å². The molecular formula is C16H25N6O5S+. The maximum absolute atomic E-state index is 10.8. The predicted octanol–water partition coefficient (Wildman–Crippen LogP) is -1.53. The molecule has 7 N–H and O–H groups in total. The fraction of sp³-hybridized carbons (Fsp3) is 0.625. The van der Waals surface area contributed by atoms with Crippen LogP contribution in [0, 0.1) is 0 Å². The molecule has 0 aromatic carbocycles. The number of fused-ring (bicyclic) bond motifs is 1. The number of rotatable bonds is 8. The molecule has 1 aliphatic heterocycles. The number of hydrogen-bond acceptors (Lipinski definition) is 9. The molecular weight excluding hydrogens is 388 g/mol. The number of nitrogen functional groups attached to an aromatic ring is 1. The van der Waals surface area contributed by atoms with E-state index in [9.17, 15) is 15.0 Å². The molecule has 0 spiro atoms. The van der Waals surface area contributed by atoms with Gasteiger partial charge in [-0.1, -0.05) is 0 Å². The molecule has 154 valence electrons. The van der Waals surface area contributed by atoms with Crippen LogP contribution in [0.4, 0.5) is 5.82 Å². The molecule has 0 aliphatic carbocycles. The van der Waals surface area contributed by atoms with Crippen molar-refractivity contribution in [2.75, 3.05) is 23.5 Å². The van der Waals surface area contributed by atoms with Crippen molar-refractivity contribution >= 4 is 33.8 Å². The van der Waals surface area contributed by atoms with Crippen molar-refractivity contribution in [3.63, 3.8) is 0 Å². The lowest BCUT2D eigenvalue weighted by molar-refractivity contribution is -0.138. The minimum absolute atomic E-state index is 0.133. The standard InChI is InChI=1S/C16H24N6O5S/c1-28(4-2-3-8(17)16(25)26)5-9-11(23)12(24)15(27-9)22-7-21-10-13(18)19-6-20-14(10)22/h6-9,11-12,15,23-24H,2-5,17H2,1H3,(H2-,18,19,20,25,26)/p+1/t8?,9-,11-,12-,15-,28?/m1/s1. The van der Waals surface area contributed by atoms with Gasteiger partial charge in [-0.2, -0.15) is 0 Å². The molecule has 2 aromatic heterocycles. The van der Waals surface area contributed by atoms with Crippen LogP contribution in [0.15, 0.2) is 12.7 Å². The van der Waals surface area contributed by atoms with Gasteiger partial charge in [0.05, 0.1) is 12.6 Å². The first kappa shape index (κ1) is 20.7. The maximum atomic E-state index is 10.8. The number of aliphatic hydroxyl groups is 2. The molecule has 3 heterocycles. The number of aromatic nitrogens is 4. The number of carboxylic acids is 1. The number of nitrogens with zero attached hydrogens (tertiary/aromatic N) is 4. The van der Waals surface area contributed by atoms with Gasteiger partial charge < -0.3 is 31.5 Å². The van der Waals surface area contributed by atoms with Crippen LogP contribution in [-0.4, -0.2) is 82.9 Å². The fourth-order valence-corrected chi connectivity index (χ4v) is 4.85. The van der Waals surface area contributed by atoms with Gasteiger partial charge in [0, 0.05) is 0 Å². The van der Waals surface area contributed by atoms with Crippen molar-refractivity contribution in [3.05, 3.63) is 12.7 Å². The highest BCUT2D eigenvalue weighted by Gasteiger charge is 2.46. The minimum atomic E-state index is -1.14. The molecule has 0 bridgehead atoms. The van der Waals surface area contributed by atoms with Crippen molar-refractivity contribution in [2.45, 2.75) is 43.4 Å². The quantitative estimate of drug-likeness (QED) is 0.318. The van der Waals surface area contributed by atoms with Crippen molar-refractivity contribution in [1.29, 1.82) is 0 Å². The number of ether oxygens (including phenoxy) is 1. The molecule has 3 rings (SSSR count). The minimum Gasteiger partial charge on any atom is -0.480 e. The maximum Gasteiger partial charge on any atom is 0.320 e. The zero-order valence-electron chi connectivity index (χ0n) is 15.4. The normalized spacial score (nSPS) is 27.1. The van der Waals surface area contributed by atoms with Crippen LogP contribution in [0.1, 0.15) is 19.1 Å². The Kier molecular flexibility index (Phi) is 6.35. The first-order valence-corrected chi connectivity index (χ1v) is 10.8. The Morgan fingerprint density at radius 2 is 2.11 bits per heavy atom. The highest BCUT2D eigenvalue weighted by atomic mass is 32.2. The van der Waals surface area contributed by atoms with Gasteiger partial charge in [-0.25, -0.2) is 15.0 Å². The molecule has 28 heavy (non-hydrogen) atoms. The van der Waals surface area contributed by atoms with Gasteiger partial charge in [0.2, 0.25) is 0 Å². The van der Waals surface area contributed by atoms with Crippen molar-refractivity contribution < 1.29 is 24.9 Å². The zero-order chi connectivity index (χ0) is 20.4. The Hall–Kier alpha value is -1.99. The predicted molar refractivity (Wildman–Crippen MR) is 104 cm³/mol. The number of carboxylic acid groups (broad SMARTS) is 1. The van der Waals surface area contributed by atoms with Gasteiger partial charge >= 0.3 is 5.97 Å². The van der Waals surface area contributed by atoms with Gasteiger partial charge in [0.25, 0.3) is 0 Å². The summed E-state index contributed by atoms with van der Waals surface area (Å²) in [5.74, 6) is 0.531. The summed E-state index contributed by atoms with van der Waals surface area (Å²) in [6.07, 6.45) is 2.25. The summed E-state index contributed by atoms with van der Waals surface area (Å²) in [4.78, 5) is 23.0. The van der Waals surface area contributed by atoms with Gasteiger partial charge in [0.15, 0.2) is 17.7 Å². The summed E-state index contributed by atoms with van der Waals surface area (Å²) < 4.78 is 7.47. The average Bonchev–Trinajstić information content (AvgIpc) is 3.19. The highest BCUT2D eigenvalue weighted by Crippen LogP contribution is 2.32. The average molecular weight is 413 g/mol. The SMILES string of the molecule is C[S+](CCCC(N)C(=O)O)C[C@H]1O[C@@H](n2cnc3c(N)ncnc32)[C@H](O)[C@@H]1O. The van der Waals surface area contributed by atoms with Crippen LogP contribution in [0.2, 0.25) is 0 Å². The van der Waals surface area contributed by atoms with Gasteiger partial charge in [-0.3, -0.25) is 9.36 Å². The smallest absolute Gasteiger partial charge is 0.320 e. The second kappa shape index (κ2) is 8.57. The number of aliphatic carboxylic acids is 1. The summed E-state index contributed by atoms with van der Waals surface area (Å²) in [6, 6.07) is -0.861. The van der Waals surface area contributed by atoms with Gasteiger partial charge in [-0.15, -0.1) is 0 Å². The van der Waals surface area contributed by atoms with E-state index >= 15 is 0 Å². The lowest BCUT2D eigenvalue weighted by Crippen LogP contribution is -2.36. The van der Waals surface area contributed by atoms with Crippen LogP contribution in [-0.2, 0) is 20.4 Å². The molecule has 2 unspecified atom stereocenters. The van der Waals surface area contributed by atoms with Crippen LogP contribution >= 0.6 is 0 Å². The molecule has 1 fully saturated rings. The summed E-state index contributed by atoms with van der Waals surface area (Å²) in [7, 11) is -0.133. The Bertz CT molecular complexity index is 835. The van der Waals surface area contributed by atoms with Crippen molar-refractivity contribution in [1.82, 2.24) is 19.5 Å². The summed E-state index contributed by atoms with van der Waals surface area (Å²) in [5, 5.41) is 29.7. The molecule has 0 amide bonds. The number of hydrogen-bond donors (Lipinski definition) is 5. The van der Waals surface area contributed by atoms with E-state index in [2.05, 4.69) is 15.0 Å². The van der Waals surface area contributed by atoms with E-state index in [1.807, 2.05) is 6.26 Å².